The van der Waals surface area contributed by atoms with Crippen molar-refractivity contribution in [2.45, 2.75) is 26.2 Å². The molecule has 0 unspecified atom stereocenters. The monoisotopic (exact) mass is 243 g/mol. The Morgan fingerprint density at radius 2 is 1.67 bits per heavy atom. The van der Waals surface area contributed by atoms with E-state index in [0.717, 1.165) is 0 Å². The maximum absolute atomic E-state index is 9.18. The van der Waals surface area contributed by atoms with Gasteiger partial charge in [-0.1, -0.05) is 26.8 Å². The first-order chi connectivity index (χ1) is 8.45. The van der Waals surface area contributed by atoms with Gasteiger partial charge in [-0.3, -0.25) is 0 Å². The number of benzene rings is 1. The zero-order chi connectivity index (χ0) is 13.2. The summed E-state index contributed by atoms with van der Waals surface area (Å²) in [7, 11) is 0. The summed E-state index contributed by atoms with van der Waals surface area (Å²) in [5.41, 5.74) is 1.25. The number of hydrogen-bond donors (Lipinski definition) is 1. The van der Waals surface area contributed by atoms with Crippen LogP contribution in [0, 0.1) is 0 Å². The quantitative estimate of drug-likeness (QED) is 0.870. The highest BCUT2D eigenvalue weighted by atomic mass is 16.5. The van der Waals surface area contributed by atoms with Crippen molar-refractivity contribution < 1.29 is 9.84 Å². The third-order valence-corrected chi connectivity index (χ3v) is 2.66. The largest absolute Gasteiger partial charge is 0.508 e. The van der Waals surface area contributed by atoms with E-state index in [4.69, 9.17) is 4.74 Å². The van der Waals surface area contributed by atoms with Crippen LogP contribution in [0.4, 0.5) is 0 Å². The van der Waals surface area contributed by atoms with Gasteiger partial charge in [0, 0.05) is 12.3 Å². The molecule has 1 aromatic heterocycles. The summed E-state index contributed by atoms with van der Waals surface area (Å²) < 4.78 is 5.58. The van der Waals surface area contributed by atoms with E-state index in [0.29, 0.717) is 11.6 Å². The number of hydrogen-bond acceptors (Lipinski definition) is 3. The van der Waals surface area contributed by atoms with Crippen LogP contribution >= 0.6 is 0 Å². The molecule has 0 bridgehead atoms. The molecule has 1 N–H and O–H groups in total. The molecule has 0 amide bonds. The van der Waals surface area contributed by atoms with Crippen LogP contribution in [0.15, 0.2) is 42.6 Å². The number of phenols is 1. The SMILES string of the molecule is CC(C)(C)c1ccc(Oc2ccc(O)cc2)nc1. The second-order valence-electron chi connectivity index (χ2n) is 5.23. The molecule has 0 radical (unpaired) electrons. The fourth-order valence-electron chi connectivity index (χ4n) is 1.52. The van der Waals surface area contributed by atoms with Crippen molar-refractivity contribution >= 4 is 0 Å². The molecule has 2 aromatic rings. The summed E-state index contributed by atoms with van der Waals surface area (Å²) in [6.45, 7) is 6.43. The Morgan fingerprint density at radius 1 is 1.00 bits per heavy atom. The molecule has 2 rings (SSSR count). The van der Waals surface area contributed by atoms with E-state index in [1.165, 1.54) is 5.56 Å². The number of aromatic nitrogens is 1. The van der Waals surface area contributed by atoms with Crippen LogP contribution in [0.2, 0.25) is 0 Å². The second-order valence-corrected chi connectivity index (χ2v) is 5.23. The minimum Gasteiger partial charge on any atom is -0.508 e. The van der Waals surface area contributed by atoms with Crippen LogP contribution in [0.25, 0.3) is 0 Å². The fraction of sp³-hybridized carbons (Fsp3) is 0.267. The minimum atomic E-state index is 0.0874. The molecule has 0 aliphatic heterocycles. The van der Waals surface area contributed by atoms with Crippen molar-refractivity contribution in [1.29, 1.82) is 0 Å². The third kappa shape index (κ3) is 3.00. The molecular weight excluding hydrogens is 226 g/mol. The first-order valence-corrected chi connectivity index (χ1v) is 5.88. The summed E-state index contributed by atoms with van der Waals surface area (Å²) >= 11 is 0. The minimum absolute atomic E-state index is 0.0874. The molecular formula is C15H17NO2. The molecule has 1 aromatic carbocycles. The Balaban J connectivity index is 2.13. The third-order valence-electron chi connectivity index (χ3n) is 2.66. The maximum Gasteiger partial charge on any atom is 0.219 e. The predicted octanol–water partition coefficient (Wildman–Crippen LogP) is 3.88. The van der Waals surface area contributed by atoms with E-state index in [9.17, 15) is 5.11 Å². The molecule has 0 aliphatic carbocycles. The van der Waals surface area contributed by atoms with Crippen molar-refractivity contribution in [3.8, 4) is 17.4 Å². The van der Waals surface area contributed by atoms with Crippen LogP contribution < -0.4 is 4.74 Å². The highest BCUT2D eigenvalue weighted by Crippen LogP contribution is 2.25. The lowest BCUT2D eigenvalue weighted by molar-refractivity contribution is 0.452. The number of aromatic hydroxyl groups is 1. The van der Waals surface area contributed by atoms with Gasteiger partial charge < -0.3 is 9.84 Å². The van der Waals surface area contributed by atoms with Crippen molar-refractivity contribution in [2.75, 3.05) is 0 Å². The van der Waals surface area contributed by atoms with Gasteiger partial charge in [0.2, 0.25) is 5.88 Å². The van der Waals surface area contributed by atoms with Crippen LogP contribution in [0.3, 0.4) is 0 Å². The normalized spacial score (nSPS) is 11.3. The van der Waals surface area contributed by atoms with Gasteiger partial charge in [0.15, 0.2) is 0 Å². The smallest absolute Gasteiger partial charge is 0.219 e. The topological polar surface area (TPSA) is 42.4 Å². The van der Waals surface area contributed by atoms with Gasteiger partial charge in [0.1, 0.15) is 11.5 Å². The molecule has 0 spiro atoms. The molecule has 0 saturated carbocycles. The Morgan fingerprint density at radius 3 is 2.17 bits per heavy atom. The molecule has 94 valence electrons. The van der Waals surface area contributed by atoms with Gasteiger partial charge in [0.25, 0.3) is 0 Å². The predicted molar refractivity (Wildman–Crippen MR) is 71.1 cm³/mol. The van der Waals surface area contributed by atoms with Gasteiger partial charge in [-0.15, -0.1) is 0 Å². The summed E-state index contributed by atoms with van der Waals surface area (Å²) in [6, 6.07) is 10.4. The average Bonchev–Trinajstić information content (AvgIpc) is 2.32. The zero-order valence-corrected chi connectivity index (χ0v) is 10.8. The molecule has 0 aliphatic rings. The maximum atomic E-state index is 9.18. The second kappa shape index (κ2) is 4.69. The molecule has 3 nitrogen and oxygen atoms in total. The first kappa shape index (κ1) is 12.4. The van der Waals surface area contributed by atoms with E-state index < -0.39 is 0 Å². The molecule has 0 saturated heterocycles. The highest BCUT2D eigenvalue weighted by Gasteiger charge is 2.13. The van der Waals surface area contributed by atoms with E-state index in [1.54, 1.807) is 24.3 Å². The standard InChI is InChI=1S/C15H17NO2/c1-15(2,3)11-4-9-14(16-10-11)18-13-7-5-12(17)6-8-13/h4-10,17H,1-3H3. The first-order valence-electron chi connectivity index (χ1n) is 5.88. The number of rotatable bonds is 2. The molecule has 18 heavy (non-hydrogen) atoms. The summed E-state index contributed by atoms with van der Waals surface area (Å²) in [5, 5.41) is 9.18. The van der Waals surface area contributed by atoms with Crippen LogP contribution in [-0.2, 0) is 5.41 Å². The number of nitrogens with zero attached hydrogens (tertiary/aromatic N) is 1. The average molecular weight is 243 g/mol. The van der Waals surface area contributed by atoms with Crippen LogP contribution in [-0.4, -0.2) is 10.1 Å². The van der Waals surface area contributed by atoms with Gasteiger partial charge >= 0.3 is 0 Å². The fourth-order valence-corrected chi connectivity index (χ4v) is 1.52. The molecule has 1 heterocycles. The van der Waals surface area contributed by atoms with Gasteiger partial charge in [-0.25, -0.2) is 4.98 Å². The molecule has 0 atom stereocenters. The lowest BCUT2D eigenvalue weighted by Gasteiger charge is -2.18. The van der Waals surface area contributed by atoms with Gasteiger partial charge in [-0.05, 0) is 35.2 Å². The number of pyridine rings is 1. The molecule has 3 heteroatoms. The van der Waals surface area contributed by atoms with Crippen LogP contribution in [0.1, 0.15) is 26.3 Å². The van der Waals surface area contributed by atoms with E-state index in [2.05, 4.69) is 25.8 Å². The summed E-state index contributed by atoms with van der Waals surface area (Å²) in [5.74, 6) is 1.43. The van der Waals surface area contributed by atoms with E-state index in [1.807, 2.05) is 18.3 Å². The Bertz CT molecular complexity index is 510. The number of phenolic OH excluding ortho intramolecular Hbond substituents is 1. The van der Waals surface area contributed by atoms with Crippen molar-refractivity contribution in [3.05, 3.63) is 48.2 Å². The van der Waals surface area contributed by atoms with Crippen molar-refractivity contribution in [3.63, 3.8) is 0 Å². The Labute approximate surface area is 107 Å². The summed E-state index contributed by atoms with van der Waals surface area (Å²) in [4.78, 5) is 4.28. The van der Waals surface area contributed by atoms with E-state index >= 15 is 0 Å². The highest BCUT2D eigenvalue weighted by molar-refractivity contribution is 5.33. The van der Waals surface area contributed by atoms with Crippen LogP contribution in [0.5, 0.6) is 17.4 Å². The number of ether oxygens (including phenoxy) is 1. The Kier molecular flexibility index (Phi) is 3.24. The van der Waals surface area contributed by atoms with Crippen molar-refractivity contribution in [2.24, 2.45) is 0 Å². The van der Waals surface area contributed by atoms with Gasteiger partial charge in [0.05, 0.1) is 0 Å². The van der Waals surface area contributed by atoms with Gasteiger partial charge in [-0.2, -0.15) is 0 Å². The summed E-state index contributed by atoms with van der Waals surface area (Å²) in [6.07, 6.45) is 1.83. The van der Waals surface area contributed by atoms with E-state index in [-0.39, 0.29) is 11.2 Å². The zero-order valence-electron chi connectivity index (χ0n) is 10.8. The lowest BCUT2D eigenvalue weighted by Crippen LogP contribution is -2.11. The lowest BCUT2D eigenvalue weighted by atomic mass is 9.88. The molecule has 0 fully saturated rings. The van der Waals surface area contributed by atoms with Crippen molar-refractivity contribution in [1.82, 2.24) is 4.98 Å². The Hall–Kier alpha value is -2.03.